The number of aromatic nitrogens is 2. The standard InChI is InChI=1S/C13H16ClN3/c1-9(2)13-16-6-7-17(13)12-5-3-4-11(14)10(12)8-15/h3-7,9H,8,15H2,1-2H3. The fourth-order valence-corrected chi connectivity index (χ4v) is 2.17. The number of imidazole rings is 1. The molecular weight excluding hydrogens is 234 g/mol. The zero-order valence-corrected chi connectivity index (χ0v) is 10.8. The second kappa shape index (κ2) is 4.90. The highest BCUT2D eigenvalue weighted by Gasteiger charge is 2.12. The molecule has 2 N–H and O–H groups in total. The number of benzene rings is 1. The van der Waals surface area contributed by atoms with E-state index in [9.17, 15) is 0 Å². The van der Waals surface area contributed by atoms with E-state index in [1.807, 2.05) is 24.4 Å². The minimum atomic E-state index is 0.356. The van der Waals surface area contributed by atoms with Gasteiger partial charge in [-0.3, -0.25) is 0 Å². The predicted molar refractivity (Wildman–Crippen MR) is 70.6 cm³/mol. The zero-order chi connectivity index (χ0) is 12.4. The van der Waals surface area contributed by atoms with E-state index in [4.69, 9.17) is 17.3 Å². The van der Waals surface area contributed by atoms with Crippen molar-refractivity contribution in [3.05, 3.63) is 47.0 Å². The van der Waals surface area contributed by atoms with Crippen molar-refractivity contribution in [1.82, 2.24) is 9.55 Å². The molecule has 0 unspecified atom stereocenters. The molecule has 2 aromatic rings. The van der Waals surface area contributed by atoms with Crippen molar-refractivity contribution in [1.29, 1.82) is 0 Å². The summed E-state index contributed by atoms with van der Waals surface area (Å²) in [6.45, 7) is 4.65. The van der Waals surface area contributed by atoms with Crippen LogP contribution in [0.4, 0.5) is 0 Å². The lowest BCUT2D eigenvalue weighted by atomic mass is 10.1. The molecule has 4 heteroatoms. The summed E-state index contributed by atoms with van der Waals surface area (Å²) in [6, 6.07) is 5.81. The van der Waals surface area contributed by atoms with Crippen LogP contribution < -0.4 is 5.73 Å². The molecule has 0 aliphatic carbocycles. The first-order valence-corrected chi connectivity index (χ1v) is 6.04. The highest BCUT2D eigenvalue weighted by Crippen LogP contribution is 2.25. The van der Waals surface area contributed by atoms with Crippen LogP contribution in [-0.2, 0) is 6.54 Å². The van der Waals surface area contributed by atoms with Gasteiger partial charge in [-0.1, -0.05) is 31.5 Å². The van der Waals surface area contributed by atoms with Gasteiger partial charge in [-0.15, -0.1) is 0 Å². The first kappa shape index (κ1) is 12.1. The average molecular weight is 250 g/mol. The Morgan fingerprint density at radius 1 is 1.41 bits per heavy atom. The van der Waals surface area contributed by atoms with Gasteiger partial charge in [0.1, 0.15) is 5.82 Å². The molecule has 0 atom stereocenters. The summed E-state index contributed by atoms with van der Waals surface area (Å²) >= 11 is 6.16. The van der Waals surface area contributed by atoms with Gasteiger partial charge >= 0.3 is 0 Å². The third-order valence-electron chi connectivity index (χ3n) is 2.74. The Labute approximate surface area is 106 Å². The van der Waals surface area contributed by atoms with Gasteiger partial charge in [-0.25, -0.2) is 4.98 Å². The molecule has 3 nitrogen and oxygen atoms in total. The third kappa shape index (κ3) is 2.21. The van der Waals surface area contributed by atoms with Crippen LogP contribution in [0.2, 0.25) is 5.02 Å². The first-order chi connectivity index (χ1) is 8.15. The molecular formula is C13H16ClN3. The number of nitrogens with zero attached hydrogens (tertiary/aromatic N) is 2. The van der Waals surface area contributed by atoms with Crippen LogP contribution in [0, 0.1) is 0 Å². The van der Waals surface area contributed by atoms with Crippen LogP contribution in [0.25, 0.3) is 5.69 Å². The van der Waals surface area contributed by atoms with Crippen molar-refractivity contribution < 1.29 is 0 Å². The van der Waals surface area contributed by atoms with Gasteiger partial charge in [-0.2, -0.15) is 0 Å². The molecule has 0 spiro atoms. The van der Waals surface area contributed by atoms with Crippen molar-refractivity contribution in [3.8, 4) is 5.69 Å². The first-order valence-electron chi connectivity index (χ1n) is 5.66. The predicted octanol–water partition coefficient (Wildman–Crippen LogP) is 3.11. The molecule has 0 fully saturated rings. The van der Waals surface area contributed by atoms with Crippen molar-refractivity contribution in [2.45, 2.75) is 26.3 Å². The van der Waals surface area contributed by atoms with Gasteiger partial charge in [-0.05, 0) is 12.1 Å². The Morgan fingerprint density at radius 2 is 2.18 bits per heavy atom. The number of hydrogen-bond acceptors (Lipinski definition) is 2. The molecule has 90 valence electrons. The van der Waals surface area contributed by atoms with Crippen LogP contribution in [0.5, 0.6) is 0 Å². The molecule has 0 aliphatic rings. The van der Waals surface area contributed by atoms with E-state index in [-0.39, 0.29) is 0 Å². The van der Waals surface area contributed by atoms with E-state index < -0.39 is 0 Å². The second-order valence-electron chi connectivity index (χ2n) is 4.25. The van der Waals surface area contributed by atoms with Crippen molar-refractivity contribution in [2.75, 3.05) is 0 Å². The van der Waals surface area contributed by atoms with E-state index in [1.165, 1.54) is 0 Å². The normalized spacial score (nSPS) is 11.1. The minimum absolute atomic E-state index is 0.356. The summed E-state index contributed by atoms with van der Waals surface area (Å²) in [6.07, 6.45) is 3.75. The molecule has 0 bridgehead atoms. The quantitative estimate of drug-likeness (QED) is 0.908. The summed E-state index contributed by atoms with van der Waals surface area (Å²) < 4.78 is 2.05. The zero-order valence-electron chi connectivity index (χ0n) is 10.0. The maximum absolute atomic E-state index is 6.16. The Kier molecular flexibility index (Phi) is 3.50. The van der Waals surface area contributed by atoms with Crippen LogP contribution >= 0.6 is 11.6 Å². The third-order valence-corrected chi connectivity index (χ3v) is 3.10. The molecule has 0 aliphatic heterocycles. The summed E-state index contributed by atoms with van der Waals surface area (Å²) in [7, 11) is 0. The van der Waals surface area contributed by atoms with Gasteiger partial charge in [0.2, 0.25) is 0 Å². The summed E-state index contributed by atoms with van der Waals surface area (Å²) in [5.74, 6) is 1.37. The Morgan fingerprint density at radius 3 is 2.82 bits per heavy atom. The molecule has 1 heterocycles. The number of nitrogens with two attached hydrogens (primary N) is 1. The molecule has 0 amide bonds. The van der Waals surface area contributed by atoms with E-state index in [1.54, 1.807) is 6.20 Å². The van der Waals surface area contributed by atoms with Gasteiger partial charge in [0.15, 0.2) is 0 Å². The lowest BCUT2D eigenvalue weighted by Gasteiger charge is -2.14. The summed E-state index contributed by atoms with van der Waals surface area (Å²) in [5.41, 5.74) is 7.73. The highest BCUT2D eigenvalue weighted by molar-refractivity contribution is 6.31. The maximum Gasteiger partial charge on any atom is 0.115 e. The fraction of sp³-hybridized carbons (Fsp3) is 0.308. The SMILES string of the molecule is CC(C)c1nccn1-c1cccc(Cl)c1CN. The van der Waals surface area contributed by atoms with E-state index in [2.05, 4.69) is 23.4 Å². The van der Waals surface area contributed by atoms with Gasteiger partial charge in [0.25, 0.3) is 0 Å². The second-order valence-corrected chi connectivity index (χ2v) is 4.66. The van der Waals surface area contributed by atoms with Crippen LogP contribution in [0.15, 0.2) is 30.6 Å². The van der Waals surface area contributed by atoms with Gasteiger partial charge in [0.05, 0.1) is 5.69 Å². The van der Waals surface area contributed by atoms with Crippen LogP contribution in [-0.4, -0.2) is 9.55 Å². The van der Waals surface area contributed by atoms with Gasteiger partial charge in [0, 0.05) is 35.4 Å². The Balaban J connectivity index is 2.60. The molecule has 0 saturated heterocycles. The molecule has 0 saturated carbocycles. The lowest BCUT2D eigenvalue weighted by molar-refractivity contribution is 0.748. The van der Waals surface area contributed by atoms with E-state index >= 15 is 0 Å². The van der Waals surface area contributed by atoms with Crippen molar-refractivity contribution >= 4 is 11.6 Å². The summed E-state index contributed by atoms with van der Waals surface area (Å²) in [5, 5.41) is 0.702. The topological polar surface area (TPSA) is 43.8 Å². The van der Waals surface area contributed by atoms with E-state index in [0.29, 0.717) is 17.5 Å². The average Bonchev–Trinajstić information content (AvgIpc) is 2.77. The molecule has 2 rings (SSSR count). The molecule has 1 aromatic heterocycles. The van der Waals surface area contributed by atoms with Crippen LogP contribution in [0.3, 0.4) is 0 Å². The van der Waals surface area contributed by atoms with Gasteiger partial charge < -0.3 is 10.3 Å². The monoisotopic (exact) mass is 249 g/mol. The van der Waals surface area contributed by atoms with Crippen LogP contribution in [0.1, 0.15) is 31.2 Å². The maximum atomic E-state index is 6.16. The number of rotatable bonds is 3. The minimum Gasteiger partial charge on any atom is -0.326 e. The highest BCUT2D eigenvalue weighted by atomic mass is 35.5. The lowest BCUT2D eigenvalue weighted by Crippen LogP contribution is -2.08. The Hall–Kier alpha value is -1.32. The molecule has 1 aromatic carbocycles. The fourth-order valence-electron chi connectivity index (χ4n) is 1.92. The van der Waals surface area contributed by atoms with Crippen molar-refractivity contribution in [3.63, 3.8) is 0 Å². The number of hydrogen-bond donors (Lipinski definition) is 1. The van der Waals surface area contributed by atoms with Crippen molar-refractivity contribution in [2.24, 2.45) is 5.73 Å². The summed E-state index contributed by atoms with van der Waals surface area (Å²) in [4.78, 5) is 4.38. The number of halogens is 1. The molecule has 0 radical (unpaired) electrons. The Bertz CT molecular complexity index is 517. The largest absolute Gasteiger partial charge is 0.326 e. The smallest absolute Gasteiger partial charge is 0.115 e. The van der Waals surface area contributed by atoms with E-state index in [0.717, 1.165) is 17.1 Å². The molecule has 17 heavy (non-hydrogen) atoms.